The monoisotopic (exact) mass is 493 g/mol. The molecule has 4 aliphatic heterocycles. The second-order valence-corrected chi connectivity index (χ2v) is 11.2. The topological polar surface area (TPSA) is 65.8 Å². The third-order valence-electron chi connectivity index (χ3n) is 8.12. The molecule has 6 nitrogen and oxygen atoms in total. The summed E-state index contributed by atoms with van der Waals surface area (Å²) in [7, 11) is 0. The lowest BCUT2D eigenvalue weighted by Crippen LogP contribution is -2.50. The Bertz CT molecular complexity index is 683. The zero-order valence-corrected chi connectivity index (χ0v) is 20.4. The van der Waals surface area contributed by atoms with E-state index in [1.54, 1.807) is 0 Å². The summed E-state index contributed by atoms with van der Waals surface area (Å²) < 4.78 is 6.84. The Hall–Kier alpha value is -0.920. The van der Waals surface area contributed by atoms with Crippen molar-refractivity contribution in [3.05, 3.63) is 22.3 Å². The third kappa shape index (κ3) is 5.19. The van der Waals surface area contributed by atoms with Crippen molar-refractivity contribution in [1.82, 2.24) is 20.4 Å². The van der Waals surface area contributed by atoms with Crippen LogP contribution in [0.1, 0.15) is 57.8 Å². The van der Waals surface area contributed by atoms with Crippen LogP contribution in [-0.4, -0.2) is 67.3 Å². The van der Waals surface area contributed by atoms with Gasteiger partial charge in [-0.1, -0.05) is 22.4 Å². The van der Waals surface area contributed by atoms with E-state index in [1.807, 2.05) is 6.08 Å². The van der Waals surface area contributed by atoms with E-state index in [9.17, 15) is 0 Å². The highest BCUT2D eigenvalue weighted by Crippen LogP contribution is 2.35. The van der Waals surface area contributed by atoms with Crippen molar-refractivity contribution < 1.29 is 4.74 Å². The smallest absolute Gasteiger partial charge is 0.181 e. The van der Waals surface area contributed by atoms with Gasteiger partial charge in [-0.25, -0.2) is 0 Å². The van der Waals surface area contributed by atoms with Crippen LogP contribution in [0.2, 0.25) is 0 Å². The molecule has 0 amide bonds. The molecule has 174 valence electrons. The zero-order valence-electron chi connectivity index (χ0n) is 18.8. The molecule has 3 fully saturated rings. The van der Waals surface area contributed by atoms with Gasteiger partial charge < -0.3 is 30.9 Å². The number of ether oxygens (including phenoxy) is 1. The molecule has 0 aromatic carbocycles. The maximum atomic E-state index is 5.87. The first-order chi connectivity index (χ1) is 15.2. The van der Waals surface area contributed by atoms with Crippen LogP contribution in [0, 0.1) is 11.8 Å². The number of nitrogens with one attached hydrogen (secondary N) is 2. The van der Waals surface area contributed by atoms with Crippen molar-refractivity contribution in [2.45, 2.75) is 76.0 Å². The molecule has 1 aliphatic carbocycles. The number of fused-ring (bicyclic) bond motifs is 1. The van der Waals surface area contributed by atoms with Crippen molar-refractivity contribution in [2.75, 3.05) is 39.3 Å². The summed E-state index contributed by atoms with van der Waals surface area (Å²) in [6, 6.07) is 1.34. The lowest BCUT2D eigenvalue weighted by atomic mass is 9.87. The number of piperidine rings is 2. The lowest BCUT2D eigenvalue weighted by molar-refractivity contribution is 0.0718. The lowest BCUT2D eigenvalue weighted by Gasteiger charge is -2.43. The van der Waals surface area contributed by atoms with E-state index in [-0.39, 0.29) is 12.0 Å². The zero-order chi connectivity index (χ0) is 21.2. The summed E-state index contributed by atoms with van der Waals surface area (Å²) >= 11 is 3.80. The number of rotatable bonds is 5. The predicted molar refractivity (Wildman–Crippen MR) is 128 cm³/mol. The van der Waals surface area contributed by atoms with Crippen molar-refractivity contribution in [3.63, 3.8) is 0 Å². The van der Waals surface area contributed by atoms with Crippen molar-refractivity contribution in [3.8, 4) is 0 Å². The third-order valence-corrected chi connectivity index (χ3v) is 9.05. The van der Waals surface area contributed by atoms with Crippen molar-refractivity contribution in [2.24, 2.45) is 17.6 Å². The highest BCUT2D eigenvalue weighted by Gasteiger charge is 2.37. The fourth-order valence-corrected chi connectivity index (χ4v) is 7.11. The Morgan fingerprint density at radius 2 is 1.87 bits per heavy atom. The van der Waals surface area contributed by atoms with Crippen LogP contribution in [0.25, 0.3) is 0 Å². The van der Waals surface area contributed by atoms with E-state index in [0.717, 1.165) is 28.8 Å². The first kappa shape index (κ1) is 21.9. The van der Waals surface area contributed by atoms with E-state index >= 15 is 0 Å². The molecule has 7 heteroatoms. The Balaban J connectivity index is 1.09. The standard InChI is InChI=1S/C24H40BrN5O/c25-23-20-13-22(26)31-21(20)14-27-24(23)28-18-6-8-19(9-7-18)30-12-4-5-17(16-30)15-29-10-2-1-3-11-29/h13,17-21,27-28H,1-12,14-16,26H2. The Morgan fingerprint density at radius 3 is 2.68 bits per heavy atom. The fourth-order valence-electron chi connectivity index (χ4n) is 6.42. The Morgan fingerprint density at radius 1 is 1.06 bits per heavy atom. The molecule has 0 aromatic rings. The average molecular weight is 495 g/mol. The van der Waals surface area contributed by atoms with Crippen LogP contribution in [0.4, 0.5) is 0 Å². The van der Waals surface area contributed by atoms with Crippen LogP contribution >= 0.6 is 15.9 Å². The van der Waals surface area contributed by atoms with Crippen LogP contribution in [0.3, 0.4) is 0 Å². The van der Waals surface area contributed by atoms with Crippen LogP contribution in [0.15, 0.2) is 22.3 Å². The van der Waals surface area contributed by atoms with Gasteiger partial charge in [-0.2, -0.15) is 0 Å². The Labute approximate surface area is 196 Å². The van der Waals surface area contributed by atoms with E-state index in [1.165, 1.54) is 90.5 Å². The van der Waals surface area contributed by atoms with E-state index < -0.39 is 0 Å². The largest absolute Gasteiger partial charge is 0.474 e. The molecule has 0 aromatic heterocycles. The average Bonchev–Trinajstić information content (AvgIpc) is 3.18. The maximum absolute atomic E-state index is 5.87. The highest BCUT2D eigenvalue weighted by atomic mass is 79.9. The molecule has 0 radical (unpaired) electrons. The van der Waals surface area contributed by atoms with Crippen molar-refractivity contribution in [1.29, 1.82) is 0 Å². The molecule has 5 rings (SSSR count). The summed E-state index contributed by atoms with van der Waals surface area (Å²) in [6.45, 7) is 7.46. The van der Waals surface area contributed by atoms with Crippen LogP contribution in [0.5, 0.6) is 0 Å². The number of hydrogen-bond donors (Lipinski definition) is 3. The fraction of sp³-hybridized carbons (Fsp3) is 0.833. The molecule has 3 unspecified atom stereocenters. The molecule has 0 bridgehead atoms. The second kappa shape index (κ2) is 9.92. The van der Waals surface area contributed by atoms with Gasteiger partial charge in [-0.3, -0.25) is 0 Å². The number of nitrogens with zero attached hydrogens (tertiary/aromatic N) is 2. The summed E-state index contributed by atoms with van der Waals surface area (Å²) in [6.07, 6.45) is 14.4. The second-order valence-electron chi connectivity index (χ2n) is 10.4. The highest BCUT2D eigenvalue weighted by molar-refractivity contribution is 9.11. The van der Waals surface area contributed by atoms with Crippen molar-refractivity contribution >= 4 is 15.9 Å². The Kier molecular flexibility index (Phi) is 7.01. The normalized spacial score (nSPS) is 37.6. The van der Waals surface area contributed by atoms with Gasteiger partial charge in [-0.15, -0.1) is 0 Å². The quantitative estimate of drug-likeness (QED) is 0.546. The van der Waals surface area contributed by atoms with Crippen LogP contribution < -0.4 is 16.4 Å². The minimum Gasteiger partial charge on any atom is -0.474 e. The maximum Gasteiger partial charge on any atom is 0.181 e. The van der Waals surface area contributed by atoms with Gasteiger partial charge in [0.2, 0.25) is 0 Å². The number of likely N-dealkylation sites (tertiary alicyclic amines) is 2. The summed E-state index contributed by atoms with van der Waals surface area (Å²) in [5, 5.41) is 7.31. The summed E-state index contributed by atoms with van der Waals surface area (Å²) in [4.78, 5) is 5.58. The van der Waals surface area contributed by atoms with Gasteiger partial charge in [-0.05, 0) is 83.0 Å². The molecule has 2 saturated heterocycles. The first-order valence-electron chi connectivity index (χ1n) is 12.7. The van der Waals surface area contributed by atoms with E-state index in [4.69, 9.17) is 10.5 Å². The minimum absolute atomic E-state index is 0.118. The molecule has 5 aliphatic rings. The van der Waals surface area contributed by atoms with Gasteiger partial charge in [0.15, 0.2) is 5.88 Å². The predicted octanol–water partition coefficient (Wildman–Crippen LogP) is 3.07. The molecule has 4 heterocycles. The molecular formula is C24H40BrN5O. The first-order valence-corrected chi connectivity index (χ1v) is 13.5. The van der Waals surface area contributed by atoms with Gasteiger partial charge in [0.1, 0.15) is 11.9 Å². The minimum atomic E-state index is 0.118. The van der Waals surface area contributed by atoms with Gasteiger partial charge in [0.25, 0.3) is 0 Å². The van der Waals surface area contributed by atoms with E-state index in [2.05, 4.69) is 36.4 Å². The van der Waals surface area contributed by atoms with Crippen LogP contribution in [-0.2, 0) is 4.74 Å². The molecule has 1 saturated carbocycles. The van der Waals surface area contributed by atoms with Gasteiger partial charge >= 0.3 is 0 Å². The number of hydrogen-bond acceptors (Lipinski definition) is 6. The number of nitrogens with two attached hydrogens (primary N) is 1. The SMILES string of the molecule is NC1=CC2C(Br)=C(NC3CCC(N4CCCC(CN5CCCCC5)C4)CC3)NCC2O1. The molecule has 31 heavy (non-hydrogen) atoms. The number of halogens is 1. The molecule has 3 atom stereocenters. The van der Waals surface area contributed by atoms with Gasteiger partial charge in [0, 0.05) is 29.7 Å². The van der Waals surface area contributed by atoms with Gasteiger partial charge in [0.05, 0.1) is 12.5 Å². The molecule has 4 N–H and O–H groups in total. The van der Waals surface area contributed by atoms with E-state index in [0.29, 0.717) is 11.9 Å². The molecule has 0 spiro atoms. The summed E-state index contributed by atoms with van der Waals surface area (Å²) in [5.41, 5.74) is 5.87. The molecular weight excluding hydrogens is 454 g/mol. The summed E-state index contributed by atoms with van der Waals surface area (Å²) in [5.74, 6) is 2.82.